The monoisotopic (exact) mass is 578 g/mol. The summed E-state index contributed by atoms with van der Waals surface area (Å²) in [5.41, 5.74) is 6.49. The van der Waals surface area contributed by atoms with E-state index >= 15 is 0 Å². The molecule has 0 aliphatic carbocycles. The van der Waals surface area contributed by atoms with Gasteiger partial charge in [0.2, 0.25) is 11.5 Å². The van der Waals surface area contributed by atoms with Crippen LogP contribution < -0.4 is 18.9 Å². The van der Waals surface area contributed by atoms with Crippen LogP contribution in [0.1, 0.15) is 45.5 Å². The lowest BCUT2D eigenvalue weighted by Crippen LogP contribution is -2.35. The van der Waals surface area contributed by atoms with Gasteiger partial charge in [0.05, 0.1) is 7.11 Å². The molecule has 0 saturated carbocycles. The Hall–Kier alpha value is -4.40. The zero-order valence-electron chi connectivity index (χ0n) is 24.5. The Morgan fingerprint density at radius 2 is 1.28 bits per heavy atom. The molecule has 0 spiro atoms. The van der Waals surface area contributed by atoms with Crippen LogP contribution in [0.5, 0.6) is 51.7 Å². The maximum absolute atomic E-state index is 11.2. The fourth-order valence-corrected chi connectivity index (χ4v) is 7.17. The first-order chi connectivity index (χ1) is 20.9. The minimum absolute atomic E-state index is 0.00432. The summed E-state index contributed by atoms with van der Waals surface area (Å²) in [6.45, 7) is 1.73. The van der Waals surface area contributed by atoms with Crippen LogP contribution in [0.25, 0.3) is 0 Å². The normalized spacial score (nSPS) is 20.4. The zero-order chi connectivity index (χ0) is 29.4. The van der Waals surface area contributed by atoms with Crippen LogP contribution in [0.3, 0.4) is 0 Å². The van der Waals surface area contributed by atoms with Gasteiger partial charge in [-0.05, 0) is 98.4 Å². The van der Waals surface area contributed by atoms with Crippen molar-refractivity contribution in [2.75, 3.05) is 34.3 Å². The van der Waals surface area contributed by atoms with Crippen LogP contribution >= 0.6 is 0 Å². The molecular weight excluding hydrogens is 544 g/mol. The number of ether oxygens (including phenoxy) is 4. The molecule has 43 heavy (non-hydrogen) atoms. The molecule has 0 fully saturated rings. The molecule has 5 heterocycles. The van der Waals surface area contributed by atoms with Gasteiger partial charge in [-0.1, -0.05) is 18.2 Å². The fraction of sp³-hybridized carbons (Fsp3) is 0.314. The van der Waals surface area contributed by atoms with E-state index in [1.54, 1.807) is 13.2 Å². The van der Waals surface area contributed by atoms with E-state index < -0.39 is 0 Å². The summed E-state index contributed by atoms with van der Waals surface area (Å²) in [6.07, 6.45) is 3.04. The number of fused-ring (bicyclic) bond motifs is 2. The number of aromatic hydroxyl groups is 2. The Labute approximate surface area is 250 Å². The van der Waals surface area contributed by atoms with Crippen LogP contribution in [-0.2, 0) is 25.7 Å². The number of rotatable bonds is 1. The molecule has 2 N–H and O–H groups in total. The SMILES string of the molecule is COc1cc2c3c4c1Oc1c(O)cc5c(c1O4)[C@@H](Cc1ccc(cc1)Oc1cc(ccc1O)C[C@@H]3N(C)CC2)N(C)CC5. The van der Waals surface area contributed by atoms with Gasteiger partial charge in [0.25, 0.3) is 0 Å². The summed E-state index contributed by atoms with van der Waals surface area (Å²) in [4.78, 5) is 4.68. The van der Waals surface area contributed by atoms with Crippen LogP contribution in [0, 0.1) is 0 Å². The van der Waals surface area contributed by atoms with Gasteiger partial charge in [-0.25, -0.2) is 0 Å². The average Bonchev–Trinajstić information content (AvgIpc) is 3.01. The molecular formula is C35H34N2O6. The van der Waals surface area contributed by atoms with E-state index in [9.17, 15) is 10.2 Å². The molecule has 0 amide bonds. The highest BCUT2D eigenvalue weighted by Crippen LogP contribution is 2.60. The highest BCUT2D eigenvalue weighted by Gasteiger charge is 2.40. The van der Waals surface area contributed by atoms with Crippen molar-refractivity contribution >= 4 is 0 Å². The highest BCUT2D eigenvalue weighted by atomic mass is 16.6. The standard InChI is InChI=1S/C35H34N2O6/c1-36-12-10-21-17-27(39)32-34-30(21)24(36)14-19-4-7-23(8-5-19)41-28-16-20(6-9-26(28)38)15-25-31-22(11-13-37(25)2)18-29(40-3)33(42-32)35(31)43-34/h4-9,16-18,24-25,38-39H,10-15H2,1-3H3/t24-,25+/m1/s1. The topological polar surface area (TPSA) is 83.9 Å². The van der Waals surface area contributed by atoms with Gasteiger partial charge >= 0.3 is 0 Å². The molecule has 0 radical (unpaired) electrons. The van der Waals surface area contributed by atoms with Gasteiger partial charge < -0.3 is 29.2 Å². The van der Waals surface area contributed by atoms with Gasteiger partial charge in [0.1, 0.15) is 5.75 Å². The molecule has 5 aliphatic heterocycles. The van der Waals surface area contributed by atoms with E-state index in [4.69, 9.17) is 18.9 Å². The second-order valence-electron chi connectivity index (χ2n) is 12.1. The van der Waals surface area contributed by atoms with Crippen LogP contribution in [-0.4, -0.2) is 54.3 Å². The third-order valence-electron chi connectivity index (χ3n) is 9.53. The number of hydrogen-bond donors (Lipinski definition) is 2. The number of phenols is 2. The van der Waals surface area contributed by atoms with Crippen molar-refractivity contribution < 1.29 is 29.2 Å². The summed E-state index contributed by atoms with van der Waals surface area (Å²) < 4.78 is 25.6. The summed E-state index contributed by atoms with van der Waals surface area (Å²) >= 11 is 0. The van der Waals surface area contributed by atoms with Crippen LogP contribution in [0.2, 0.25) is 0 Å². The Morgan fingerprint density at radius 3 is 1.98 bits per heavy atom. The number of likely N-dealkylation sites (N-methyl/N-ethyl adjacent to an activating group) is 2. The van der Waals surface area contributed by atoms with Gasteiger partial charge in [-0.2, -0.15) is 0 Å². The summed E-state index contributed by atoms with van der Waals surface area (Å²) in [5.74, 6) is 3.87. The number of hydrogen-bond acceptors (Lipinski definition) is 8. The highest BCUT2D eigenvalue weighted by molar-refractivity contribution is 5.71. The molecule has 220 valence electrons. The number of nitrogens with zero attached hydrogens (tertiary/aromatic N) is 2. The van der Waals surface area contributed by atoms with E-state index in [0.717, 1.165) is 65.7 Å². The van der Waals surface area contributed by atoms with Crippen molar-refractivity contribution in [3.8, 4) is 51.7 Å². The largest absolute Gasteiger partial charge is 0.504 e. The Morgan fingerprint density at radius 1 is 0.674 bits per heavy atom. The number of phenolic OH excluding ortho intramolecular Hbond substituents is 2. The minimum Gasteiger partial charge on any atom is -0.504 e. The lowest BCUT2D eigenvalue weighted by Gasteiger charge is -2.40. The fourth-order valence-electron chi connectivity index (χ4n) is 7.17. The number of methoxy groups -OCH3 is 1. The van der Waals surface area contributed by atoms with Gasteiger partial charge in [-0.15, -0.1) is 0 Å². The Kier molecular flexibility index (Phi) is 6.00. The molecule has 6 bridgehead atoms. The molecule has 2 atom stereocenters. The minimum atomic E-state index is -0.0351. The lowest BCUT2D eigenvalue weighted by atomic mass is 9.86. The summed E-state index contributed by atoms with van der Waals surface area (Å²) in [7, 11) is 5.90. The molecule has 4 aromatic rings. The third-order valence-corrected chi connectivity index (χ3v) is 9.53. The van der Waals surface area contributed by atoms with Crippen molar-refractivity contribution in [1.82, 2.24) is 9.80 Å². The zero-order valence-corrected chi connectivity index (χ0v) is 24.5. The van der Waals surface area contributed by atoms with E-state index in [1.165, 1.54) is 0 Å². The first kappa shape index (κ1) is 26.2. The van der Waals surface area contributed by atoms with Crippen molar-refractivity contribution in [2.24, 2.45) is 0 Å². The molecule has 0 saturated heterocycles. The summed E-state index contributed by atoms with van der Waals surface area (Å²) in [6, 6.07) is 17.4. The van der Waals surface area contributed by atoms with Crippen LogP contribution in [0.15, 0.2) is 54.6 Å². The van der Waals surface area contributed by atoms with Crippen LogP contribution in [0.4, 0.5) is 0 Å². The molecule has 8 heteroatoms. The Balaban J connectivity index is 1.38. The quantitative estimate of drug-likeness (QED) is 0.229. The second-order valence-corrected chi connectivity index (χ2v) is 12.1. The molecule has 5 aliphatic rings. The second kappa shape index (κ2) is 9.82. The third kappa shape index (κ3) is 4.19. The van der Waals surface area contributed by atoms with Crippen molar-refractivity contribution in [1.29, 1.82) is 0 Å². The summed E-state index contributed by atoms with van der Waals surface area (Å²) in [5, 5.41) is 21.9. The molecule has 9 rings (SSSR count). The average molecular weight is 579 g/mol. The van der Waals surface area contributed by atoms with Gasteiger partial charge in [0.15, 0.2) is 34.5 Å². The van der Waals surface area contributed by atoms with E-state index in [2.05, 4.69) is 36.0 Å². The predicted octanol–water partition coefficient (Wildman–Crippen LogP) is 6.65. The smallest absolute Gasteiger partial charge is 0.212 e. The maximum Gasteiger partial charge on any atom is 0.212 e. The van der Waals surface area contributed by atoms with Crippen molar-refractivity contribution in [3.63, 3.8) is 0 Å². The first-order valence-electron chi connectivity index (χ1n) is 14.8. The number of benzene rings is 4. The maximum atomic E-state index is 11.2. The van der Waals surface area contributed by atoms with Gasteiger partial charge in [-0.3, -0.25) is 9.80 Å². The molecule has 0 unspecified atom stereocenters. The van der Waals surface area contributed by atoms with Crippen molar-refractivity contribution in [2.45, 2.75) is 37.8 Å². The lowest BCUT2D eigenvalue weighted by molar-refractivity contribution is 0.210. The van der Waals surface area contributed by atoms with Crippen molar-refractivity contribution in [3.05, 3.63) is 88.0 Å². The van der Waals surface area contributed by atoms with E-state index in [-0.39, 0.29) is 23.6 Å². The van der Waals surface area contributed by atoms with Gasteiger partial charge in [0, 0.05) is 36.3 Å². The van der Waals surface area contributed by atoms with E-state index in [1.807, 2.05) is 36.4 Å². The molecule has 8 nitrogen and oxygen atoms in total. The first-order valence-corrected chi connectivity index (χ1v) is 14.8. The predicted molar refractivity (Wildman–Crippen MR) is 161 cm³/mol. The molecule has 0 aromatic heterocycles. The molecule has 4 aromatic carbocycles. The Bertz CT molecular complexity index is 1770. The van der Waals surface area contributed by atoms with E-state index in [0.29, 0.717) is 46.7 Å².